The second kappa shape index (κ2) is 3.66. The van der Waals surface area contributed by atoms with Gasteiger partial charge in [-0.15, -0.1) is 0 Å². The maximum absolute atomic E-state index is 10.9. The van der Waals surface area contributed by atoms with E-state index in [0.717, 1.165) is 19.4 Å². The van der Waals surface area contributed by atoms with Crippen LogP contribution in [0.25, 0.3) is 0 Å². The van der Waals surface area contributed by atoms with Crippen molar-refractivity contribution in [3.05, 3.63) is 0 Å². The number of hydrogen-bond acceptors (Lipinski definition) is 2. The van der Waals surface area contributed by atoms with Crippen LogP contribution < -0.4 is 0 Å². The summed E-state index contributed by atoms with van der Waals surface area (Å²) in [4.78, 5) is 13.1. The van der Waals surface area contributed by atoms with E-state index in [2.05, 4.69) is 4.90 Å². The van der Waals surface area contributed by atoms with E-state index in [-0.39, 0.29) is 6.04 Å². The van der Waals surface area contributed by atoms with Crippen molar-refractivity contribution < 1.29 is 9.90 Å². The summed E-state index contributed by atoms with van der Waals surface area (Å²) in [5.41, 5.74) is 0. The molecule has 2 aliphatic rings. The quantitative estimate of drug-likeness (QED) is 0.669. The minimum atomic E-state index is -0.621. The fourth-order valence-corrected chi connectivity index (χ4v) is 2.70. The van der Waals surface area contributed by atoms with Gasteiger partial charge in [0.15, 0.2) is 0 Å². The van der Waals surface area contributed by atoms with Crippen LogP contribution in [-0.2, 0) is 4.79 Å². The number of nitrogens with zero attached hydrogens (tertiary/aromatic N) is 1. The monoisotopic (exact) mass is 183 g/mol. The third-order valence-electron chi connectivity index (χ3n) is 3.38. The summed E-state index contributed by atoms with van der Waals surface area (Å²) in [6.45, 7) is 1.00. The van der Waals surface area contributed by atoms with Gasteiger partial charge >= 0.3 is 5.97 Å². The summed E-state index contributed by atoms with van der Waals surface area (Å²) in [6.07, 6.45) is 6.91. The number of carboxylic acids is 1. The Hall–Kier alpha value is -0.570. The summed E-state index contributed by atoms with van der Waals surface area (Å²) in [5, 5.41) is 9.00. The molecule has 1 N–H and O–H groups in total. The highest BCUT2D eigenvalue weighted by Crippen LogP contribution is 2.30. The Bertz CT molecular complexity index is 205. The molecule has 2 atom stereocenters. The van der Waals surface area contributed by atoms with Crippen LogP contribution in [0.3, 0.4) is 0 Å². The van der Waals surface area contributed by atoms with E-state index in [4.69, 9.17) is 5.11 Å². The molecule has 74 valence electrons. The molecule has 0 saturated carbocycles. The van der Waals surface area contributed by atoms with Gasteiger partial charge in [-0.1, -0.05) is 12.8 Å². The normalized spacial score (nSPS) is 35.4. The lowest BCUT2D eigenvalue weighted by molar-refractivity contribution is -0.142. The van der Waals surface area contributed by atoms with E-state index >= 15 is 0 Å². The fourth-order valence-electron chi connectivity index (χ4n) is 2.70. The Balaban J connectivity index is 2.06. The smallest absolute Gasteiger partial charge is 0.320 e. The first kappa shape index (κ1) is 9.00. The molecule has 2 aliphatic heterocycles. The number of hydrogen-bond donors (Lipinski definition) is 1. The van der Waals surface area contributed by atoms with Crippen LogP contribution in [0.5, 0.6) is 0 Å². The topological polar surface area (TPSA) is 40.5 Å². The fraction of sp³-hybridized carbons (Fsp3) is 0.900. The maximum Gasteiger partial charge on any atom is 0.320 e. The van der Waals surface area contributed by atoms with E-state index in [0.29, 0.717) is 6.04 Å². The third-order valence-corrected chi connectivity index (χ3v) is 3.38. The van der Waals surface area contributed by atoms with Crippen LogP contribution in [0.4, 0.5) is 0 Å². The first-order chi connectivity index (χ1) is 6.29. The molecule has 2 heterocycles. The molecule has 0 aromatic carbocycles. The van der Waals surface area contributed by atoms with Crippen LogP contribution in [0.1, 0.15) is 38.5 Å². The van der Waals surface area contributed by atoms with Crippen LogP contribution in [0, 0.1) is 0 Å². The molecule has 0 aromatic heterocycles. The van der Waals surface area contributed by atoms with Crippen molar-refractivity contribution in [1.82, 2.24) is 4.90 Å². The minimum absolute atomic E-state index is 0.178. The third kappa shape index (κ3) is 1.70. The highest BCUT2D eigenvalue weighted by atomic mass is 16.4. The Morgan fingerprint density at radius 2 is 2.00 bits per heavy atom. The molecule has 3 nitrogen and oxygen atoms in total. The molecule has 0 spiro atoms. The zero-order valence-electron chi connectivity index (χ0n) is 7.91. The average Bonchev–Trinajstić information content (AvgIpc) is 2.36. The standard InChI is InChI=1S/C10H17NO2/c12-10(13)9-6-5-8-4-2-1-3-7-11(8)9/h8-9H,1-7H2,(H,12,13). The molecule has 3 heteroatoms. The summed E-state index contributed by atoms with van der Waals surface area (Å²) in [5.74, 6) is -0.621. The van der Waals surface area contributed by atoms with E-state index in [1.165, 1.54) is 25.7 Å². The Kier molecular flexibility index (Phi) is 2.54. The Labute approximate surface area is 78.7 Å². The van der Waals surface area contributed by atoms with Gasteiger partial charge in [-0.25, -0.2) is 0 Å². The van der Waals surface area contributed by atoms with Crippen LogP contribution in [0.15, 0.2) is 0 Å². The van der Waals surface area contributed by atoms with Gasteiger partial charge in [0.1, 0.15) is 6.04 Å². The summed E-state index contributed by atoms with van der Waals surface area (Å²) in [6, 6.07) is 0.395. The van der Waals surface area contributed by atoms with E-state index in [9.17, 15) is 4.79 Å². The van der Waals surface area contributed by atoms with Gasteiger partial charge in [-0.05, 0) is 32.2 Å². The van der Waals surface area contributed by atoms with E-state index < -0.39 is 5.97 Å². The summed E-state index contributed by atoms with van der Waals surface area (Å²) >= 11 is 0. The van der Waals surface area contributed by atoms with Crippen molar-refractivity contribution in [1.29, 1.82) is 0 Å². The molecule has 2 fully saturated rings. The first-order valence-electron chi connectivity index (χ1n) is 5.27. The molecule has 13 heavy (non-hydrogen) atoms. The molecule has 2 saturated heterocycles. The predicted octanol–water partition coefficient (Wildman–Crippen LogP) is 1.48. The van der Waals surface area contributed by atoms with Crippen LogP contribution in [0.2, 0.25) is 0 Å². The van der Waals surface area contributed by atoms with Crippen molar-refractivity contribution in [2.75, 3.05) is 6.54 Å². The van der Waals surface area contributed by atoms with Crippen molar-refractivity contribution in [2.24, 2.45) is 0 Å². The molecular weight excluding hydrogens is 166 g/mol. The highest BCUT2D eigenvalue weighted by molar-refractivity contribution is 5.73. The first-order valence-corrected chi connectivity index (χ1v) is 5.27. The van der Waals surface area contributed by atoms with Crippen LogP contribution in [-0.4, -0.2) is 34.6 Å². The second-order valence-electron chi connectivity index (χ2n) is 4.17. The van der Waals surface area contributed by atoms with Crippen molar-refractivity contribution in [2.45, 2.75) is 50.6 Å². The molecular formula is C10H17NO2. The lowest BCUT2D eigenvalue weighted by atomic mass is 10.1. The van der Waals surface area contributed by atoms with Gasteiger partial charge in [0, 0.05) is 6.04 Å². The molecule has 2 unspecified atom stereocenters. The molecule has 0 bridgehead atoms. The zero-order chi connectivity index (χ0) is 9.26. The average molecular weight is 183 g/mol. The van der Waals surface area contributed by atoms with Gasteiger partial charge in [-0.2, -0.15) is 0 Å². The number of fused-ring (bicyclic) bond motifs is 1. The Morgan fingerprint density at radius 3 is 2.77 bits per heavy atom. The summed E-state index contributed by atoms with van der Waals surface area (Å²) in [7, 11) is 0. The molecule has 0 radical (unpaired) electrons. The molecule has 0 aromatic rings. The zero-order valence-corrected chi connectivity index (χ0v) is 7.91. The van der Waals surface area contributed by atoms with E-state index in [1.807, 2.05) is 0 Å². The SMILES string of the molecule is O=C(O)C1CCC2CCCCCN21. The van der Waals surface area contributed by atoms with E-state index in [1.54, 1.807) is 0 Å². The lowest BCUT2D eigenvalue weighted by Gasteiger charge is -2.25. The van der Waals surface area contributed by atoms with Gasteiger partial charge in [0.2, 0.25) is 0 Å². The predicted molar refractivity (Wildman–Crippen MR) is 49.6 cm³/mol. The minimum Gasteiger partial charge on any atom is -0.480 e. The van der Waals surface area contributed by atoms with Gasteiger partial charge < -0.3 is 5.11 Å². The maximum atomic E-state index is 10.9. The van der Waals surface area contributed by atoms with Gasteiger partial charge in [0.25, 0.3) is 0 Å². The van der Waals surface area contributed by atoms with Crippen molar-refractivity contribution in [3.8, 4) is 0 Å². The lowest BCUT2D eigenvalue weighted by Crippen LogP contribution is -2.40. The Morgan fingerprint density at radius 1 is 1.15 bits per heavy atom. The highest BCUT2D eigenvalue weighted by Gasteiger charge is 2.37. The van der Waals surface area contributed by atoms with Crippen LogP contribution >= 0.6 is 0 Å². The number of carboxylic acid groups (broad SMARTS) is 1. The van der Waals surface area contributed by atoms with Gasteiger partial charge in [-0.3, -0.25) is 9.69 Å². The molecule has 0 aliphatic carbocycles. The van der Waals surface area contributed by atoms with Gasteiger partial charge in [0.05, 0.1) is 0 Å². The largest absolute Gasteiger partial charge is 0.480 e. The number of aliphatic carboxylic acids is 1. The second-order valence-corrected chi connectivity index (χ2v) is 4.17. The van der Waals surface area contributed by atoms with Crippen molar-refractivity contribution >= 4 is 5.97 Å². The molecule has 0 amide bonds. The molecule has 2 rings (SSSR count). The summed E-state index contributed by atoms with van der Waals surface area (Å²) < 4.78 is 0. The van der Waals surface area contributed by atoms with Crippen molar-refractivity contribution in [3.63, 3.8) is 0 Å². The number of rotatable bonds is 1. The number of carbonyl (C=O) groups is 1.